The molecule has 1 atom stereocenters. The molecule has 1 aromatic carbocycles. The first-order chi connectivity index (χ1) is 8.67. The summed E-state index contributed by atoms with van der Waals surface area (Å²) in [7, 11) is 0. The van der Waals surface area contributed by atoms with Gasteiger partial charge in [-0.1, -0.05) is 25.8 Å². The van der Waals surface area contributed by atoms with Crippen molar-refractivity contribution in [2.75, 3.05) is 0 Å². The highest BCUT2D eigenvalue weighted by Crippen LogP contribution is 2.11. The zero-order valence-corrected chi connectivity index (χ0v) is 11.0. The Morgan fingerprint density at radius 3 is 2.89 bits per heavy atom. The van der Waals surface area contributed by atoms with Crippen molar-refractivity contribution < 1.29 is 9.53 Å². The first-order valence-electron chi connectivity index (χ1n) is 6.38. The molecular weight excluding hydrogens is 226 g/mol. The number of carbonyl (C=O) groups excluding carboxylic acids is 1. The summed E-state index contributed by atoms with van der Waals surface area (Å²) in [5.74, 6) is -0.351. The number of nitriles is 1. The van der Waals surface area contributed by atoms with Crippen LogP contribution >= 0.6 is 0 Å². The number of rotatable bonds is 6. The lowest BCUT2D eigenvalue weighted by molar-refractivity contribution is 0.0319. The summed E-state index contributed by atoms with van der Waals surface area (Å²) in [6.07, 6.45) is 4.20. The molecular formula is C15H19NO2. The van der Waals surface area contributed by atoms with Crippen LogP contribution in [0.15, 0.2) is 24.3 Å². The summed E-state index contributed by atoms with van der Waals surface area (Å²) in [5, 5.41) is 8.77. The second kappa shape index (κ2) is 7.50. The average molecular weight is 245 g/mol. The Kier molecular flexibility index (Phi) is 5.93. The van der Waals surface area contributed by atoms with E-state index in [2.05, 4.69) is 6.92 Å². The van der Waals surface area contributed by atoms with Crippen LogP contribution in [0.2, 0.25) is 0 Å². The van der Waals surface area contributed by atoms with E-state index >= 15 is 0 Å². The van der Waals surface area contributed by atoms with Gasteiger partial charge in [-0.25, -0.2) is 4.79 Å². The maximum absolute atomic E-state index is 11.8. The topological polar surface area (TPSA) is 50.1 Å². The van der Waals surface area contributed by atoms with E-state index < -0.39 is 0 Å². The standard InChI is InChI=1S/C15H19NO2/c1-3-4-5-7-12(2)18-15(17)14-9-6-8-13(10-14)11-16/h6,8-10,12H,3-5,7H2,1-2H3/t12-/m0/s1. The lowest BCUT2D eigenvalue weighted by Crippen LogP contribution is -2.15. The van der Waals surface area contributed by atoms with Gasteiger partial charge in [0.2, 0.25) is 0 Å². The van der Waals surface area contributed by atoms with Crippen LogP contribution in [0.5, 0.6) is 0 Å². The van der Waals surface area contributed by atoms with Crippen molar-refractivity contribution in [3.63, 3.8) is 0 Å². The van der Waals surface area contributed by atoms with Crippen LogP contribution in [0.1, 0.15) is 55.5 Å². The number of ether oxygens (including phenoxy) is 1. The second-order valence-electron chi connectivity index (χ2n) is 4.40. The van der Waals surface area contributed by atoms with Gasteiger partial charge in [-0.3, -0.25) is 0 Å². The molecule has 0 aliphatic carbocycles. The fraction of sp³-hybridized carbons (Fsp3) is 0.467. The van der Waals surface area contributed by atoms with E-state index in [-0.39, 0.29) is 12.1 Å². The Bertz CT molecular complexity index is 434. The third kappa shape index (κ3) is 4.58. The predicted octanol–water partition coefficient (Wildman–Crippen LogP) is 3.68. The molecule has 0 spiro atoms. The minimum Gasteiger partial charge on any atom is -0.459 e. The quantitative estimate of drug-likeness (QED) is 0.567. The Labute approximate surface area is 108 Å². The van der Waals surface area contributed by atoms with E-state index in [1.807, 2.05) is 13.0 Å². The molecule has 0 aromatic heterocycles. The first-order valence-corrected chi connectivity index (χ1v) is 6.38. The van der Waals surface area contributed by atoms with Crippen LogP contribution in [0, 0.1) is 11.3 Å². The van der Waals surface area contributed by atoms with E-state index in [4.69, 9.17) is 10.00 Å². The number of unbranched alkanes of at least 4 members (excludes halogenated alkanes) is 2. The Hall–Kier alpha value is -1.82. The minimum atomic E-state index is -0.351. The lowest BCUT2D eigenvalue weighted by atomic mass is 10.1. The highest BCUT2D eigenvalue weighted by atomic mass is 16.5. The molecule has 0 N–H and O–H groups in total. The van der Waals surface area contributed by atoms with Gasteiger partial charge in [0.25, 0.3) is 0 Å². The van der Waals surface area contributed by atoms with Gasteiger partial charge in [-0.15, -0.1) is 0 Å². The molecule has 0 amide bonds. The van der Waals surface area contributed by atoms with Crippen LogP contribution in [-0.2, 0) is 4.74 Å². The minimum absolute atomic E-state index is 0.0743. The molecule has 1 aromatic rings. The number of hydrogen-bond acceptors (Lipinski definition) is 3. The number of esters is 1. The summed E-state index contributed by atoms with van der Waals surface area (Å²) in [4.78, 5) is 11.8. The van der Waals surface area contributed by atoms with Crippen molar-refractivity contribution in [1.82, 2.24) is 0 Å². The van der Waals surface area contributed by atoms with Crippen LogP contribution in [0.25, 0.3) is 0 Å². The largest absolute Gasteiger partial charge is 0.459 e. The fourth-order valence-electron chi connectivity index (χ4n) is 1.71. The van der Waals surface area contributed by atoms with E-state index in [0.29, 0.717) is 11.1 Å². The van der Waals surface area contributed by atoms with Gasteiger partial charge in [0.1, 0.15) is 0 Å². The molecule has 0 fully saturated rings. The number of carbonyl (C=O) groups is 1. The maximum Gasteiger partial charge on any atom is 0.338 e. The smallest absolute Gasteiger partial charge is 0.338 e. The van der Waals surface area contributed by atoms with Crippen LogP contribution in [0.3, 0.4) is 0 Å². The summed E-state index contributed by atoms with van der Waals surface area (Å²) in [5.41, 5.74) is 0.916. The molecule has 0 aliphatic heterocycles. The zero-order valence-electron chi connectivity index (χ0n) is 11.0. The van der Waals surface area contributed by atoms with Crippen molar-refractivity contribution in [3.05, 3.63) is 35.4 Å². The van der Waals surface area contributed by atoms with E-state index in [1.165, 1.54) is 0 Å². The van der Waals surface area contributed by atoms with Gasteiger partial charge in [-0.2, -0.15) is 5.26 Å². The molecule has 96 valence electrons. The SMILES string of the molecule is CCCCC[C@H](C)OC(=O)c1cccc(C#N)c1. The third-order valence-electron chi connectivity index (χ3n) is 2.75. The Morgan fingerprint density at radius 2 is 2.22 bits per heavy atom. The van der Waals surface area contributed by atoms with Crippen molar-refractivity contribution in [1.29, 1.82) is 5.26 Å². The van der Waals surface area contributed by atoms with E-state index in [1.54, 1.807) is 24.3 Å². The highest BCUT2D eigenvalue weighted by molar-refractivity contribution is 5.89. The normalized spacial score (nSPS) is 11.6. The van der Waals surface area contributed by atoms with Crippen LogP contribution < -0.4 is 0 Å². The second-order valence-corrected chi connectivity index (χ2v) is 4.40. The Balaban J connectivity index is 2.51. The highest BCUT2D eigenvalue weighted by Gasteiger charge is 2.12. The van der Waals surface area contributed by atoms with E-state index in [0.717, 1.165) is 25.7 Å². The summed E-state index contributed by atoms with van der Waals surface area (Å²) < 4.78 is 5.33. The molecule has 0 radical (unpaired) electrons. The van der Waals surface area contributed by atoms with Gasteiger partial charge >= 0.3 is 5.97 Å². The van der Waals surface area contributed by atoms with E-state index in [9.17, 15) is 4.79 Å². The van der Waals surface area contributed by atoms with Gasteiger partial charge in [0.05, 0.1) is 23.3 Å². The van der Waals surface area contributed by atoms with Crippen molar-refractivity contribution >= 4 is 5.97 Å². The van der Waals surface area contributed by atoms with Gasteiger partial charge in [0.15, 0.2) is 0 Å². The maximum atomic E-state index is 11.8. The average Bonchev–Trinajstić information content (AvgIpc) is 2.39. The molecule has 0 saturated heterocycles. The van der Waals surface area contributed by atoms with Gasteiger partial charge in [-0.05, 0) is 38.0 Å². The molecule has 0 aliphatic rings. The molecule has 3 nitrogen and oxygen atoms in total. The molecule has 0 saturated carbocycles. The van der Waals surface area contributed by atoms with Crippen LogP contribution in [0.4, 0.5) is 0 Å². The van der Waals surface area contributed by atoms with Crippen molar-refractivity contribution in [2.45, 2.75) is 45.6 Å². The molecule has 1 rings (SSSR count). The molecule has 3 heteroatoms. The molecule has 0 heterocycles. The summed E-state index contributed by atoms with van der Waals surface area (Å²) in [6, 6.07) is 8.59. The predicted molar refractivity (Wildman–Crippen MR) is 70.2 cm³/mol. The molecule has 18 heavy (non-hydrogen) atoms. The van der Waals surface area contributed by atoms with Crippen molar-refractivity contribution in [3.8, 4) is 6.07 Å². The number of benzene rings is 1. The van der Waals surface area contributed by atoms with Gasteiger partial charge < -0.3 is 4.74 Å². The summed E-state index contributed by atoms with van der Waals surface area (Å²) >= 11 is 0. The molecule has 0 bridgehead atoms. The van der Waals surface area contributed by atoms with Crippen LogP contribution in [-0.4, -0.2) is 12.1 Å². The van der Waals surface area contributed by atoms with Gasteiger partial charge in [0, 0.05) is 0 Å². The third-order valence-corrected chi connectivity index (χ3v) is 2.75. The Morgan fingerprint density at radius 1 is 1.44 bits per heavy atom. The monoisotopic (exact) mass is 245 g/mol. The number of hydrogen-bond donors (Lipinski definition) is 0. The first kappa shape index (κ1) is 14.2. The molecule has 0 unspecified atom stereocenters. The number of nitrogens with zero attached hydrogens (tertiary/aromatic N) is 1. The van der Waals surface area contributed by atoms with Crippen molar-refractivity contribution in [2.24, 2.45) is 0 Å². The summed E-state index contributed by atoms with van der Waals surface area (Å²) in [6.45, 7) is 4.05. The lowest BCUT2D eigenvalue weighted by Gasteiger charge is -2.12. The fourth-order valence-corrected chi connectivity index (χ4v) is 1.71. The zero-order chi connectivity index (χ0) is 13.4.